The highest BCUT2D eigenvalue weighted by Gasteiger charge is 2.34. The van der Waals surface area contributed by atoms with Gasteiger partial charge in [-0.1, -0.05) is 20.3 Å². The molecular formula is C12H19N3O. The maximum atomic E-state index is 11.3. The summed E-state index contributed by atoms with van der Waals surface area (Å²) < 4.78 is 0. The molecule has 0 aliphatic heterocycles. The fraction of sp³-hybridized carbons (Fsp3) is 0.667. The molecule has 1 aromatic heterocycles. The summed E-state index contributed by atoms with van der Waals surface area (Å²) in [7, 11) is 0. The van der Waals surface area contributed by atoms with Crippen molar-refractivity contribution in [2.24, 2.45) is 5.41 Å². The highest BCUT2D eigenvalue weighted by Crippen LogP contribution is 2.38. The Morgan fingerprint density at radius 2 is 2.31 bits per heavy atom. The van der Waals surface area contributed by atoms with Crippen molar-refractivity contribution in [3.63, 3.8) is 0 Å². The summed E-state index contributed by atoms with van der Waals surface area (Å²) >= 11 is 0. The number of aromatic amines is 1. The van der Waals surface area contributed by atoms with Gasteiger partial charge in [0.05, 0.1) is 0 Å². The highest BCUT2D eigenvalue weighted by molar-refractivity contribution is 5.35. The SMILES string of the molecule is Cc1nc(NC2CCCC2(C)C)cc(=O)[nH]1. The second-order valence-electron chi connectivity index (χ2n) is 5.29. The molecular weight excluding hydrogens is 202 g/mol. The van der Waals surface area contributed by atoms with Gasteiger partial charge < -0.3 is 10.3 Å². The number of H-pyrrole nitrogens is 1. The third kappa shape index (κ3) is 2.26. The Balaban J connectivity index is 2.18. The second-order valence-corrected chi connectivity index (χ2v) is 5.29. The summed E-state index contributed by atoms with van der Waals surface area (Å²) in [4.78, 5) is 18.3. The first-order valence-electron chi connectivity index (χ1n) is 5.82. The van der Waals surface area contributed by atoms with Crippen LogP contribution >= 0.6 is 0 Å². The predicted octanol–water partition coefficient (Wildman–Crippen LogP) is 2.07. The minimum atomic E-state index is -0.0918. The fourth-order valence-corrected chi connectivity index (χ4v) is 2.43. The van der Waals surface area contributed by atoms with E-state index < -0.39 is 0 Å². The lowest BCUT2D eigenvalue weighted by atomic mass is 9.87. The van der Waals surface area contributed by atoms with E-state index in [0.29, 0.717) is 17.7 Å². The lowest BCUT2D eigenvalue weighted by Crippen LogP contribution is -2.31. The first-order valence-corrected chi connectivity index (χ1v) is 5.82. The zero-order valence-corrected chi connectivity index (χ0v) is 10.1. The average molecular weight is 221 g/mol. The van der Waals surface area contributed by atoms with Crippen molar-refractivity contribution in [3.8, 4) is 0 Å². The van der Waals surface area contributed by atoms with E-state index in [1.165, 1.54) is 18.9 Å². The minimum Gasteiger partial charge on any atom is -0.367 e. The lowest BCUT2D eigenvalue weighted by Gasteiger charge is -2.28. The van der Waals surface area contributed by atoms with Crippen LogP contribution in [0.4, 0.5) is 5.82 Å². The van der Waals surface area contributed by atoms with E-state index >= 15 is 0 Å². The van der Waals surface area contributed by atoms with Gasteiger partial charge in [0, 0.05) is 12.1 Å². The van der Waals surface area contributed by atoms with Crippen molar-refractivity contribution >= 4 is 5.82 Å². The third-order valence-corrected chi connectivity index (χ3v) is 3.44. The van der Waals surface area contributed by atoms with Gasteiger partial charge in [-0.3, -0.25) is 4.79 Å². The first-order chi connectivity index (χ1) is 7.47. The largest absolute Gasteiger partial charge is 0.367 e. The number of nitrogens with one attached hydrogen (secondary N) is 2. The summed E-state index contributed by atoms with van der Waals surface area (Å²) in [5.74, 6) is 1.35. The molecule has 1 atom stereocenters. The fourth-order valence-electron chi connectivity index (χ4n) is 2.43. The number of hydrogen-bond donors (Lipinski definition) is 2. The molecule has 1 heterocycles. The van der Waals surface area contributed by atoms with Crippen LogP contribution in [0, 0.1) is 12.3 Å². The topological polar surface area (TPSA) is 57.8 Å². The Morgan fingerprint density at radius 3 is 2.88 bits per heavy atom. The number of rotatable bonds is 2. The molecule has 0 saturated heterocycles. The molecule has 16 heavy (non-hydrogen) atoms. The summed E-state index contributed by atoms with van der Waals surface area (Å²) in [5, 5.41) is 3.38. The van der Waals surface area contributed by atoms with E-state index in [1.54, 1.807) is 6.92 Å². The number of hydrogen-bond acceptors (Lipinski definition) is 3. The minimum absolute atomic E-state index is 0.0918. The zero-order valence-electron chi connectivity index (χ0n) is 10.1. The molecule has 88 valence electrons. The number of nitrogens with zero attached hydrogens (tertiary/aromatic N) is 1. The second kappa shape index (κ2) is 3.92. The van der Waals surface area contributed by atoms with Crippen molar-refractivity contribution < 1.29 is 0 Å². The van der Waals surface area contributed by atoms with Crippen LogP contribution in [0.15, 0.2) is 10.9 Å². The Morgan fingerprint density at radius 1 is 1.56 bits per heavy atom. The normalized spacial score (nSPS) is 23.3. The average Bonchev–Trinajstić information content (AvgIpc) is 2.44. The van der Waals surface area contributed by atoms with Gasteiger partial charge in [-0.15, -0.1) is 0 Å². The van der Waals surface area contributed by atoms with Crippen molar-refractivity contribution in [1.82, 2.24) is 9.97 Å². The van der Waals surface area contributed by atoms with Gasteiger partial charge in [0.15, 0.2) is 0 Å². The van der Waals surface area contributed by atoms with Crippen molar-refractivity contribution in [2.45, 2.75) is 46.1 Å². The Bertz CT molecular complexity index is 436. The van der Waals surface area contributed by atoms with Gasteiger partial charge in [0.2, 0.25) is 0 Å². The van der Waals surface area contributed by atoms with Crippen LogP contribution < -0.4 is 10.9 Å². The molecule has 0 radical (unpaired) electrons. The van der Waals surface area contributed by atoms with Gasteiger partial charge >= 0.3 is 0 Å². The highest BCUT2D eigenvalue weighted by atomic mass is 16.1. The van der Waals surface area contributed by atoms with Crippen molar-refractivity contribution in [2.75, 3.05) is 5.32 Å². The molecule has 2 N–H and O–H groups in total. The molecule has 0 bridgehead atoms. The maximum Gasteiger partial charge on any atom is 0.252 e. The molecule has 4 nitrogen and oxygen atoms in total. The summed E-state index contributed by atoms with van der Waals surface area (Å²) in [5.41, 5.74) is 0.198. The molecule has 4 heteroatoms. The van der Waals surface area contributed by atoms with Gasteiger partial charge in [0.25, 0.3) is 5.56 Å². The van der Waals surface area contributed by atoms with Crippen LogP contribution in [-0.4, -0.2) is 16.0 Å². The quantitative estimate of drug-likeness (QED) is 0.803. The molecule has 1 unspecified atom stereocenters. The lowest BCUT2D eigenvalue weighted by molar-refractivity contribution is 0.349. The molecule has 0 spiro atoms. The van der Waals surface area contributed by atoms with Crippen LogP contribution in [0.3, 0.4) is 0 Å². The Labute approximate surface area is 95.5 Å². The molecule has 0 amide bonds. The van der Waals surface area contributed by atoms with Crippen molar-refractivity contribution in [1.29, 1.82) is 0 Å². The van der Waals surface area contributed by atoms with Gasteiger partial charge in [0.1, 0.15) is 11.6 Å². The maximum absolute atomic E-state index is 11.3. The molecule has 1 saturated carbocycles. The molecule has 1 fully saturated rings. The Hall–Kier alpha value is -1.32. The zero-order chi connectivity index (χ0) is 11.8. The van der Waals surface area contributed by atoms with E-state index in [2.05, 4.69) is 29.1 Å². The van der Waals surface area contributed by atoms with Crippen LogP contribution in [-0.2, 0) is 0 Å². The van der Waals surface area contributed by atoms with E-state index in [1.807, 2.05) is 0 Å². The smallest absolute Gasteiger partial charge is 0.252 e. The van der Waals surface area contributed by atoms with E-state index in [0.717, 1.165) is 6.42 Å². The van der Waals surface area contributed by atoms with E-state index in [4.69, 9.17) is 0 Å². The summed E-state index contributed by atoms with van der Waals surface area (Å²) in [6, 6.07) is 1.95. The van der Waals surface area contributed by atoms with Crippen LogP contribution in [0.2, 0.25) is 0 Å². The number of anilines is 1. The van der Waals surface area contributed by atoms with Crippen molar-refractivity contribution in [3.05, 3.63) is 22.2 Å². The standard InChI is InChI=1S/C12H19N3O/c1-8-13-10(7-11(16)14-8)15-9-5-4-6-12(9,2)3/h7,9H,4-6H2,1-3H3,(H2,13,14,15,16). The molecule has 1 aliphatic carbocycles. The molecule has 1 aliphatic rings. The Kier molecular flexibility index (Phi) is 2.74. The van der Waals surface area contributed by atoms with Crippen LogP contribution in [0.5, 0.6) is 0 Å². The predicted molar refractivity (Wildman–Crippen MR) is 64.6 cm³/mol. The summed E-state index contributed by atoms with van der Waals surface area (Å²) in [6.45, 7) is 6.32. The monoisotopic (exact) mass is 221 g/mol. The summed E-state index contributed by atoms with van der Waals surface area (Å²) in [6.07, 6.45) is 3.63. The first kappa shape index (κ1) is 11.2. The van der Waals surface area contributed by atoms with Crippen LogP contribution in [0.1, 0.15) is 38.9 Å². The van der Waals surface area contributed by atoms with Gasteiger partial charge in [-0.2, -0.15) is 0 Å². The van der Waals surface area contributed by atoms with E-state index in [9.17, 15) is 4.79 Å². The molecule has 1 aromatic rings. The molecule has 2 rings (SSSR count). The van der Waals surface area contributed by atoms with Crippen LogP contribution in [0.25, 0.3) is 0 Å². The van der Waals surface area contributed by atoms with Gasteiger partial charge in [-0.25, -0.2) is 4.98 Å². The molecule has 0 aromatic carbocycles. The van der Waals surface area contributed by atoms with Gasteiger partial charge in [-0.05, 0) is 25.2 Å². The van der Waals surface area contributed by atoms with E-state index in [-0.39, 0.29) is 11.0 Å². The number of aromatic nitrogens is 2. The number of aryl methyl sites for hydroxylation is 1. The third-order valence-electron chi connectivity index (χ3n) is 3.44.